The summed E-state index contributed by atoms with van der Waals surface area (Å²) in [6.07, 6.45) is 0. The maximum atomic E-state index is 11.9. The van der Waals surface area contributed by atoms with Crippen LogP contribution in [0.5, 0.6) is 0 Å². The number of aromatic nitrogens is 1. The molecule has 9 nitrogen and oxygen atoms in total. The summed E-state index contributed by atoms with van der Waals surface area (Å²) in [6.45, 7) is 1.38. The number of ether oxygens (including phenoxy) is 1. The van der Waals surface area contributed by atoms with Gasteiger partial charge in [-0.2, -0.15) is 0 Å². The maximum Gasteiger partial charge on any atom is 0.338 e. The molecule has 28 heavy (non-hydrogen) atoms. The molecule has 1 heterocycles. The smallest absolute Gasteiger partial charge is 0.338 e. The van der Waals surface area contributed by atoms with Crippen molar-refractivity contribution >= 4 is 23.4 Å². The van der Waals surface area contributed by atoms with Crippen LogP contribution < -0.4 is 5.32 Å². The lowest BCUT2D eigenvalue weighted by atomic mass is 10.1. The van der Waals surface area contributed by atoms with Gasteiger partial charge < -0.3 is 9.26 Å². The number of hydrogen-bond donors (Lipinski definition) is 1. The van der Waals surface area contributed by atoms with Gasteiger partial charge in [0.25, 0.3) is 11.6 Å². The molecule has 0 spiro atoms. The summed E-state index contributed by atoms with van der Waals surface area (Å²) in [5, 5.41) is 17.0. The van der Waals surface area contributed by atoms with Crippen molar-refractivity contribution in [2.24, 2.45) is 0 Å². The van der Waals surface area contributed by atoms with E-state index in [1.807, 2.05) is 31.2 Å². The molecule has 1 amide bonds. The van der Waals surface area contributed by atoms with Crippen LogP contribution >= 0.6 is 0 Å². The van der Waals surface area contributed by atoms with Gasteiger partial charge in [0.1, 0.15) is 5.69 Å². The first-order chi connectivity index (χ1) is 13.4. The summed E-state index contributed by atoms with van der Waals surface area (Å²) >= 11 is 0. The van der Waals surface area contributed by atoms with Crippen LogP contribution in [0.3, 0.4) is 0 Å². The number of benzene rings is 2. The van der Waals surface area contributed by atoms with E-state index in [1.54, 1.807) is 6.07 Å². The van der Waals surface area contributed by atoms with Crippen molar-refractivity contribution in [1.29, 1.82) is 0 Å². The molecule has 0 aliphatic heterocycles. The average molecular weight is 381 g/mol. The van der Waals surface area contributed by atoms with Crippen LogP contribution in [0, 0.1) is 17.0 Å². The molecule has 0 unspecified atom stereocenters. The molecule has 0 fully saturated rings. The largest absolute Gasteiger partial charge is 0.452 e. The third-order valence-electron chi connectivity index (χ3n) is 3.75. The molecule has 1 N–H and O–H groups in total. The number of anilines is 1. The van der Waals surface area contributed by atoms with E-state index < -0.39 is 23.4 Å². The highest BCUT2D eigenvalue weighted by atomic mass is 16.6. The van der Waals surface area contributed by atoms with Gasteiger partial charge in [0.2, 0.25) is 5.88 Å². The Labute approximate surface area is 159 Å². The molecule has 2 aromatic carbocycles. The molecule has 0 saturated heterocycles. The molecule has 0 bridgehead atoms. The molecule has 0 radical (unpaired) electrons. The lowest BCUT2D eigenvalue weighted by Gasteiger charge is -2.04. The number of nitrogens with zero attached hydrogens (tertiary/aromatic N) is 2. The van der Waals surface area contributed by atoms with Crippen LogP contribution in [0.2, 0.25) is 0 Å². The number of esters is 1. The van der Waals surface area contributed by atoms with Crippen LogP contribution in [0.15, 0.2) is 59.1 Å². The Hall–Kier alpha value is -4.01. The number of amides is 1. The van der Waals surface area contributed by atoms with E-state index in [-0.39, 0.29) is 17.1 Å². The van der Waals surface area contributed by atoms with Gasteiger partial charge in [-0.05, 0) is 13.0 Å². The number of nitro benzene ring substituents is 1. The Morgan fingerprint density at radius 2 is 1.93 bits per heavy atom. The summed E-state index contributed by atoms with van der Waals surface area (Å²) in [5.41, 5.74) is 2.20. The molecule has 0 aliphatic carbocycles. The molecule has 0 saturated carbocycles. The minimum atomic E-state index is -0.850. The molecule has 3 aromatic rings. The summed E-state index contributed by atoms with van der Waals surface area (Å²) in [6, 6.07) is 14.2. The van der Waals surface area contributed by atoms with Crippen LogP contribution in [-0.4, -0.2) is 28.6 Å². The number of carbonyl (C=O) groups excluding carboxylic acids is 2. The van der Waals surface area contributed by atoms with Gasteiger partial charge in [-0.1, -0.05) is 41.1 Å². The van der Waals surface area contributed by atoms with E-state index in [9.17, 15) is 19.7 Å². The standard InChI is InChI=1S/C19H15N3O6/c1-12-5-7-13(8-6-12)16-10-18(28-21-16)20-17(23)11-27-19(24)14-3-2-4-15(9-14)22(25)26/h2-10H,11H2,1H3,(H,20,23). The van der Waals surface area contributed by atoms with Crippen molar-refractivity contribution < 1.29 is 23.8 Å². The Balaban J connectivity index is 1.56. The predicted molar refractivity (Wildman–Crippen MR) is 98.7 cm³/mol. The van der Waals surface area contributed by atoms with E-state index in [4.69, 9.17) is 9.26 Å². The number of hydrogen-bond acceptors (Lipinski definition) is 7. The first-order valence-electron chi connectivity index (χ1n) is 8.17. The zero-order valence-corrected chi connectivity index (χ0v) is 14.7. The highest BCUT2D eigenvalue weighted by molar-refractivity contribution is 5.95. The van der Waals surface area contributed by atoms with Crippen molar-refractivity contribution in [3.05, 3.63) is 75.8 Å². The van der Waals surface area contributed by atoms with Crippen LogP contribution in [0.25, 0.3) is 11.3 Å². The highest BCUT2D eigenvalue weighted by Gasteiger charge is 2.15. The number of non-ortho nitro benzene ring substituents is 1. The SMILES string of the molecule is Cc1ccc(-c2cc(NC(=O)COC(=O)c3cccc([N+](=O)[O-])c3)on2)cc1. The molecule has 0 aliphatic rings. The van der Waals surface area contributed by atoms with Crippen LogP contribution in [-0.2, 0) is 9.53 Å². The fraction of sp³-hybridized carbons (Fsp3) is 0.105. The minimum absolute atomic E-state index is 0.0247. The molecular weight excluding hydrogens is 366 g/mol. The topological polar surface area (TPSA) is 125 Å². The average Bonchev–Trinajstić information content (AvgIpc) is 3.15. The first kappa shape index (κ1) is 18.8. The van der Waals surface area contributed by atoms with E-state index in [1.165, 1.54) is 18.2 Å². The molecule has 9 heteroatoms. The second-order valence-electron chi connectivity index (χ2n) is 5.87. The van der Waals surface area contributed by atoms with Crippen LogP contribution in [0.1, 0.15) is 15.9 Å². The zero-order chi connectivity index (χ0) is 20.1. The van der Waals surface area contributed by atoms with Gasteiger partial charge >= 0.3 is 5.97 Å². The third kappa shape index (κ3) is 4.58. The highest BCUT2D eigenvalue weighted by Crippen LogP contribution is 2.22. The number of nitro groups is 1. The van der Waals surface area contributed by atoms with E-state index >= 15 is 0 Å². The Morgan fingerprint density at radius 3 is 2.64 bits per heavy atom. The quantitative estimate of drug-likeness (QED) is 0.394. The van der Waals surface area contributed by atoms with E-state index in [2.05, 4.69) is 10.5 Å². The Morgan fingerprint density at radius 1 is 1.18 bits per heavy atom. The lowest BCUT2D eigenvalue weighted by Crippen LogP contribution is -2.20. The third-order valence-corrected chi connectivity index (χ3v) is 3.75. The van der Waals surface area contributed by atoms with Gasteiger partial charge in [-0.25, -0.2) is 4.79 Å². The maximum absolute atomic E-state index is 11.9. The molecule has 3 rings (SSSR count). The molecular formula is C19H15N3O6. The second kappa shape index (κ2) is 8.12. The number of nitrogens with one attached hydrogen (secondary N) is 1. The monoisotopic (exact) mass is 381 g/mol. The van der Waals surface area contributed by atoms with E-state index in [0.717, 1.165) is 17.2 Å². The minimum Gasteiger partial charge on any atom is -0.452 e. The fourth-order valence-corrected chi connectivity index (χ4v) is 2.33. The summed E-state index contributed by atoms with van der Waals surface area (Å²) in [5.74, 6) is -1.38. The molecule has 0 atom stereocenters. The van der Waals surface area contributed by atoms with E-state index in [0.29, 0.717) is 5.69 Å². The predicted octanol–water partition coefficient (Wildman–Crippen LogP) is 3.35. The summed E-state index contributed by atoms with van der Waals surface area (Å²) < 4.78 is 9.92. The second-order valence-corrected chi connectivity index (χ2v) is 5.87. The summed E-state index contributed by atoms with van der Waals surface area (Å²) in [4.78, 5) is 34.0. The van der Waals surface area contributed by atoms with Crippen molar-refractivity contribution in [3.63, 3.8) is 0 Å². The fourth-order valence-electron chi connectivity index (χ4n) is 2.33. The normalized spacial score (nSPS) is 10.3. The molecule has 1 aromatic heterocycles. The first-order valence-corrected chi connectivity index (χ1v) is 8.17. The van der Waals surface area contributed by atoms with Crippen molar-refractivity contribution in [2.45, 2.75) is 6.92 Å². The van der Waals surface area contributed by atoms with Crippen molar-refractivity contribution in [3.8, 4) is 11.3 Å². The van der Waals surface area contributed by atoms with Gasteiger partial charge in [0.05, 0.1) is 10.5 Å². The van der Waals surface area contributed by atoms with Crippen molar-refractivity contribution in [1.82, 2.24) is 5.16 Å². The van der Waals surface area contributed by atoms with Gasteiger partial charge in [0, 0.05) is 23.8 Å². The lowest BCUT2D eigenvalue weighted by molar-refractivity contribution is -0.384. The van der Waals surface area contributed by atoms with Gasteiger partial charge in [0.15, 0.2) is 6.61 Å². The van der Waals surface area contributed by atoms with Crippen LogP contribution in [0.4, 0.5) is 11.6 Å². The summed E-state index contributed by atoms with van der Waals surface area (Å²) in [7, 11) is 0. The number of carbonyl (C=O) groups is 2. The van der Waals surface area contributed by atoms with Gasteiger partial charge in [-0.3, -0.25) is 20.2 Å². The van der Waals surface area contributed by atoms with Gasteiger partial charge in [-0.15, -0.1) is 0 Å². The van der Waals surface area contributed by atoms with Crippen molar-refractivity contribution in [2.75, 3.05) is 11.9 Å². The molecule has 142 valence electrons. The number of rotatable bonds is 6. The Bertz CT molecular complexity index is 1030. The number of aryl methyl sites for hydroxylation is 1. The zero-order valence-electron chi connectivity index (χ0n) is 14.7. The Kier molecular flexibility index (Phi) is 5.45.